The molecule has 0 aliphatic carbocycles. The van der Waals surface area contributed by atoms with Crippen molar-refractivity contribution in [2.75, 3.05) is 20.2 Å². The maximum Gasteiger partial charge on any atom is 0.191 e. The van der Waals surface area contributed by atoms with Crippen molar-refractivity contribution in [3.8, 4) is 5.75 Å². The second-order valence-electron chi connectivity index (χ2n) is 4.39. The van der Waals surface area contributed by atoms with E-state index in [4.69, 9.17) is 10.5 Å². The zero-order valence-corrected chi connectivity index (χ0v) is 15.3. The Balaban J connectivity index is 0.00000361. The van der Waals surface area contributed by atoms with Crippen LogP contribution in [-0.2, 0) is 6.54 Å². The molecule has 114 valence electrons. The predicted molar refractivity (Wildman–Crippen MR) is 93.9 cm³/mol. The van der Waals surface area contributed by atoms with Gasteiger partial charge in [-0.05, 0) is 27.7 Å². The second kappa shape index (κ2) is 8.99. The molecule has 0 spiro atoms. The molecule has 0 amide bonds. The summed E-state index contributed by atoms with van der Waals surface area (Å²) in [7, 11) is 1.67. The third kappa shape index (κ3) is 4.50. The van der Waals surface area contributed by atoms with E-state index in [0.29, 0.717) is 12.5 Å². The summed E-state index contributed by atoms with van der Waals surface area (Å²) in [5.41, 5.74) is 8.91. The van der Waals surface area contributed by atoms with Crippen LogP contribution < -0.4 is 10.5 Å². The standard InChI is InChI=1S/C14H24N4O.HI/c1-6-18(7-2)14(15)17-9-12-11(4)13(19-5)10(3)8-16-12;/h8H,6-7,9H2,1-5H3,(H2,15,17);1H. The van der Waals surface area contributed by atoms with Crippen molar-refractivity contribution in [1.29, 1.82) is 0 Å². The van der Waals surface area contributed by atoms with Crippen LogP contribution in [0.3, 0.4) is 0 Å². The molecule has 0 unspecified atom stereocenters. The normalized spacial score (nSPS) is 10.9. The number of methoxy groups -OCH3 is 1. The van der Waals surface area contributed by atoms with E-state index in [1.807, 2.05) is 24.9 Å². The molecule has 0 aromatic carbocycles. The number of aliphatic imine (C=N–C) groups is 1. The Labute approximate surface area is 138 Å². The molecule has 5 nitrogen and oxygen atoms in total. The van der Waals surface area contributed by atoms with Crippen molar-refractivity contribution in [1.82, 2.24) is 9.88 Å². The van der Waals surface area contributed by atoms with Crippen molar-refractivity contribution < 1.29 is 4.74 Å². The average Bonchev–Trinajstić information content (AvgIpc) is 2.40. The summed E-state index contributed by atoms with van der Waals surface area (Å²) in [6, 6.07) is 0. The van der Waals surface area contributed by atoms with E-state index in [1.54, 1.807) is 7.11 Å². The van der Waals surface area contributed by atoms with E-state index < -0.39 is 0 Å². The zero-order valence-electron chi connectivity index (χ0n) is 12.9. The first-order chi connectivity index (χ1) is 9.04. The number of hydrogen-bond acceptors (Lipinski definition) is 3. The van der Waals surface area contributed by atoms with Gasteiger partial charge in [0, 0.05) is 30.4 Å². The SMILES string of the molecule is CCN(CC)C(N)=NCc1ncc(C)c(OC)c1C.I. The number of pyridine rings is 1. The lowest BCUT2D eigenvalue weighted by Crippen LogP contribution is -2.37. The van der Waals surface area contributed by atoms with Crippen LogP contribution in [0.1, 0.15) is 30.7 Å². The third-order valence-corrected chi connectivity index (χ3v) is 3.23. The van der Waals surface area contributed by atoms with Crippen LogP contribution in [0.5, 0.6) is 5.75 Å². The molecule has 0 saturated carbocycles. The van der Waals surface area contributed by atoms with E-state index in [0.717, 1.165) is 35.7 Å². The van der Waals surface area contributed by atoms with Crippen LogP contribution in [0.25, 0.3) is 0 Å². The summed E-state index contributed by atoms with van der Waals surface area (Å²) < 4.78 is 5.38. The maximum atomic E-state index is 5.95. The molecular formula is C14H25IN4O. The molecule has 6 heteroatoms. The second-order valence-corrected chi connectivity index (χ2v) is 4.39. The molecule has 0 atom stereocenters. The number of guanidine groups is 1. The van der Waals surface area contributed by atoms with Crippen molar-refractivity contribution in [3.05, 3.63) is 23.0 Å². The van der Waals surface area contributed by atoms with E-state index in [2.05, 4.69) is 23.8 Å². The average molecular weight is 392 g/mol. The number of halogens is 1. The van der Waals surface area contributed by atoms with Gasteiger partial charge in [-0.1, -0.05) is 0 Å². The van der Waals surface area contributed by atoms with Crippen molar-refractivity contribution in [2.24, 2.45) is 10.7 Å². The predicted octanol–water partition coefficient (Wildman–Crippen LogP) is 2.48. The van der Waals surface area contributed by atoms with Gasteiger partial charge in [-0.15, -0.1) is 24.0 Å². The Bertz CT molecular complexity index is 459. The highest BCUT2D eigenvalue weighted by Gasteiger charge is 2.09. The Morgan fingerprint density at radius 1 is 1.35 bits per heavy atom. The van der Waals surface area contributed by atoms with Crippen LogP contribution >= 0.6 is 24.0 Å². The quantitative estimate of drug-likeness (QED) is 0.475. The van der Waals surface area contributed by atoms with Crippen LogP contribution in [-0.4, -0.2) is 36.0 Å². The molecule has 0 aliphatic heterocycles. The summed E-state index contributed by atoms with van der Waals surface area (Å²) >= 11 is 0. The van der Waals surface area contributed by atoms with Crippen LogP contribution in [0.15, 0.2) is 11.2 Å². The summed E-state index contributed by atoms with van der Waals surface area (Å²) in [5.74, 6) is 1.44. The van der Waals surface area contributed by atoms with Gasteiger partial charge in [0.25, 0.3) is 0 Å². The lowest BCUT2D eigenvalue weighted by atomic mass is 10.1. The minimum Gasteiger partial charge on any atom is -0.496 e. The van der Waals surface area contributed by atoms with Gasteiger partial charge in [0.1, 0.15) is 5.75 Å². The highest BCUT2D eigenvalue weighted by atomic mass is 127. The first-order valence-electron chi connectivity index (χ1n) is 6.59. The van der Waals surface area contributed by atoms with Gasteiger partial charge in [0.2, 0.25) is 0 Å². The Morgan fingerprint density at radius 3 is 2.45 bits per heavy atom. The van der Waals surface area contributed by atoms with Gasteiger partial charge >= 0.3 is 0 Å². The Morgan fingerprint density at radius 2 is 1.95 bits per heavy atom. The number of ether oxygens (including phenoxy) is 1. The summed E-state index contributed by atoms with van der Waals surface area (Å²) in [5, 5.41) is 0. The number of nitrogens with two attached hydrogens (primary N) is 1. The van der Waals surface area contributed by atoms with Gasteiger partial charge in [-0.25, -0.2) is 4.99 Å². The molecule has 0 fully saturated rings. The molecule has 20 heavy (non-hydrogen) atoms. The van der Waals surface area contributed by atoms with Gasteiger partial charge in [0.05, 0.1) is 19.3 Å². The fourth-order valence-electron chi connectivity index (χ4n) is 2.03. The van der Waals surface area contributed by atoms with Gasteiger partial charge < -0.3 is 15.4 Å². The zero-order chi connectivity index (χ0) is 14.4. The summed E-state index contributed by atoms with van der Waals surface area (Å²) in [4.78, 5) is 10.8. The van der Waals surface area contributed by atoms with Crippen molar-refractivity contribution in [3.63, 3.8) is 0 Å². The number of aromatic nitrogens is 1. The number of aryl methyl sites for hydroxylation is 1. The minimum absolute atomic E-state index is 0. The lowest BCUT2D eigenvalue weighted by molar-refractivity contribution is 0.407. The van der Waals surface area contributed by atoms with Gasteiger partial charge in [0.15, 0.2) is 5.96 Å². The highest BCUT2D eigenvalue weighted by Crippen LogP contribution is 2.24. The third-order valence-electron chi connectivity index (χ3n) is 3.23. The molecule has 0 bridgehead atoms. The molecule has 0 radical (unpaired) electrons. The van der Waals surface area contributed by atoms with Crippen molar-refractivity contribution >= 4 is 29.9 Å². The fraction of sp³-hybridized carbons (Fsp3) is 0.571. The molecule has 0 aliphatic rings. The highest BCUT2D eigenvalue weighted by molar-refractivity contribution is 14.0. The molecule has 1 aromatic rings. The molecule has 1 aromatic heterocycles. The molecule has 2 N–H and O–H groups in total. The van der Waals surface area contributed by atoms with Crippen LogP contribution in [0, 0.1) is 13.8 Å². The van der Waals surface area contributed by atoms with Crippen LogP contribution in [0.2, 0.25) is 0 Å². The fourth-order valence-corrected chi connectivity index (χ4v) is 2.03. The van der Waals surface area contributed by atoms with E-state index in [-0.39, 0.29) is 24.0 Å². The smallest absolute Gasteiger partial charge is 0.191 e. The monoisotopic (exact) mass is 392 g/mol. The Kier molecular flexibility index (Phi) is 8.52. The summed E-state index contributed by atoms with van der Waals surface area (Å²) in [6.07, 6.45) is 1.81. The van der Waals surface area contributed by atoms with Gasteiger partial charge in [-0.3, -0.25) is 4.98 Å². The van der Waals surface area contributed by atoms with Crippen LogP contribution in [0.4, 0.5) is 0 Å². The first-order valence-corrected chi connectivity index (χ1v) is 6.59. The van der Waals surface area contributed by atoms with E-state index >= 15 is 0 Å². The van der Waals surface area contributed by atoms with Crippen molar-refractivity contribution in [2.45, 2.75) is 34.2 Å². The topological polar surface area (TPSA) is 63.7 Å². The van der Waals surface area contributed by atoms with Gasteiger partial charge in [-0.2, -0.15) is 0 Å². The molecule has 0 saturated heterocycles. The first kappa shape index (κ1) is 18.9. The van der Waals surface area contributed by atoms with E-state index in [1.165, 1.54) is 0 Å². The maximum absolute atomic E-state index is 5.95. The molecule has 1 heterocycles. The lowest BCUT2D eigenvalue weighted by Gasteiger charge is -2.19. The molecule has 1 rings (SSSR count). The number of hydrogen-bond donors (Lipinski definition) is 1. The largest absolute Gasteiger partial charge is 0.496 e. The molecular weight excluding hydrogens is 367 g/mol. The summed E-state index contributed by atoms with van der Waals surface area (Å²) in [6.45, 7) is 10.3. The van der Waals surface area contributed by atoms with E-state index in [9.17, 15) is 0 Å². The minimum atomic E-state index is 0. The number of nitrogens with zero attached hydrogens (tertiary/aromatic N) is 3. The Hall–Kier alpha value is -1.05. The number of rotatable bonds is 5.